The molecule has 0 spiro atoms. The number of benzene rings is 6. The summed E-state index contributed by atoms with van der Waals surface area (Å²) >= 11 is 0. The summed E-state index contributed by atoms with van der Waals surface area (Å²) in [5.74, 6) is -1.82. The Kier molecular flexibility index (Phi) is 18.3. The molecule has 2 amide bonds. The van der Waals surface area contributed by atoms with E-state index in [4.69, 9.17) is 20.2 Å². The Balaban J connectivity index is 0.000000193. The van der Waals surface area contributed by atoms with Gasteiger partial charge in [-0.25, -0.2) is 9.59 Å². The average molecular weight is 1060 g/mol. The zero-order valence-electron chi connectivity index (χ0n) is 46.7. The third-order valence-corrected chi connectivity index (χ3v) is 14.1. The molecule has 10 rings (SSSR count). The van der Waals surface area contributed by atoms with Gasteiger partial charge in [-0.15, -0.1) is 0 Å². The predicted octanol–water partition coefficient (Wildman–Crippen LogP) is 8.51. The fourth-order valence-corrected chi connectivity index (χ4v) is 9.39. The molecule has 6 aromatic rings. The molecular formula is C63H70N10O6. The largest absolute Gasteiger partial charge is 0.478 e. The number of aliphatic imine (C=N–C) groups is 4. The van der Waals surface area contributed by atoms with E-state index in [0.717, 1.165) is 116 Å². The van der Waals surface area contributed by atoms with Crippen LogP contribution in [-0.2, 0) is 25.7 Å². The second kappa shape index (κ2) is 25.5. The molecule has 408 valence electrons. The van der Waals surface area contributed by atoms with Crippen LogP contribution < -0.4 is 5.32 Å². The van der Waals surface area contributed by atoms with Crippen LogP contribution in [0.5, 0.6) is 0 Å². The van der Waals surface area contributed by atoms with Gasteiger partial charge in [-0.1, -0.05) is 48.5 Å². The Bertz CT molecular complexity index is 3180. The number of likely N-dealkylation sites (N-methyl/N-ethyl adjacent to an activating group) is 6. The van der Waals surface area contributed by atoms with Crippen molar-refractivity contribution in [1.29, 1.82) is 0 Å². The Morgan fingerprint density at radius 1 is 0.392 bits per heavy atom. The average Bonchev–Trinajstić information content (AvgIpc) is 4.32. The van der Waals surface area contributed by atoms with Crippen molar-refractivity contribution < 1.29 is 29.4 Å². The number of carboxylic acid groups (broad SMARTS) is 2. The van der Waals surface area contributed by atoms with Crippen molar-refractivity contribution in [2.75, 3.05) is 103 Å². The smallest absolute Gasteiger partial charge is 0.335 e. The van der Waals surface area contributed by atoms with Crippen LogP contribution in [0.1, 0.15) is 85.9 Å². The van der Waals surface area contributed by atoms with E-state index < -0.39 is 11.9 Å². The second-order valence-electron chi connectivity index (χ2n) is 21.0. The number of fused-ring (bicyclic) bond motifs is 4. The van der Waals surface area contributed by atoms with Crippen LogP contribution in [-0.4, -0.2) is 184 Å². The molecule has 16 nitrogen and oxygen atoms in total. The first-order chi connectivity index (χ1) is 37.8. The van der Waals surface area contributed by atoms with E-state index in [1.54, 1.807) is 46.2 Å². The van der Waals surface area contributed by atoms with Gasteiger partial charge in [0.05, 0.1) is 56.7 Å². The number of carbonyl (C=O) groups is 4. The molecule has 79 heavy (non-hydrogen) atoms. The zero-order valence-corrected chi connectivity index (χ0v) is 46.7. The molecule has 0 unspecified atom stereocenters. The molecule has 0 saturated carbocycles. The molecule has 0 radical (unpaired) electrons. The number of rotatable bonds is 17. The molecule has 16 heteroatoms. The van der Waals surface area contributed by atoms with Gasteiger partial charge in [-0.2, -0.15) is 0 Å². The maximum atomic E-state index is 12.9. The number of carbonyl (C=O) groups excluding carboxylic acids is 2. The number of nitrogens with one attached hydrogen (secondary N) is 1. The van der Waals surface area contributed by atoms with Crippen LogP contribution >= 0.6 is 0 Å². The molecule has 4 aliphatic rings. The van der Waals surface area contributed by atoms with Crippen molar-refractivity contribution in [3.8, 4) is 0 Å². The molecule has 0 atom stereocenters. The molecule has 0 aromatic heterocycles. The van der Waals surface area contributed by atoms with Crippen LogP contribution in [0.15, 0.2) is 141 Å². The summed E-state index contributed by atoms with van der Waals surface area (Å²) in [6, 6.07) is 38.0. The third-order valence-electron chi connectivity index (χ3n) is 14.1. The minimum atomic E-state index is -0.940. The Morgan fingerprint density at radius 3 is 0.899 bits per heavy atom. The Hall–Kier alpha value is -8.28. The van der Waals surface area contributed by atoms with Gasteiger partial charge >= 0.3 is 11.9 Å². The first kappa shape index (κ1) is 56.9. The fourth-order valence-electron chi connectivity index (χ4n) is 9.39. The van der Waals surface area contributed by atoms with E-state index in [1.165, 1.54) is 0 Å². The SMILES string of the molecule is CN(C)CCN(C)C(=O)c1ccc2c(c1)CC(c1ccc(C3=Nc4ccc(C(=O)N(C)CCN(C)C)cc4C3)cc1)=N2.CNCCN(C)C.O=C(O)c1ccc2c(c1)CC(c1ccc(C3=Nc4ccc(C(=O)O)cc4C3)cc1)=N2. The Morgan fingerprint density at radius 2 is 0.658 bits per heavy atom. The van der Waals surface area contributed by atoms with Gasteiger partial charge in [0.15, 0.2) is 0 Å². The highest BCUT2D eigenvalue weighted by molar-refractivity contribution is 6.11. The van der Waals surface area contributed by atoms with Crippen LogP contribution in [0.2, 0.25) is 0 Å². The van der Waals surface area contributed by atoms with Gasteiger partial charge < -0.3 is 40.0 Å². The van der Waals surface area contributed by atoms with Crippen LogP contribution in [0.3, 0.4) is 0 Å². The van der Waals surface area contributed by atoms with Gasteiger partial charge in [-0.3, -0.25) is 29.6 Å². The molecule has 0 fully saturated rings. The number of hydrogen-bond acceptors (Lipinski definition) is 12. The lowest BCUT2D eigenvalue weighted by Crippen LogP contribution is -2.33. The van der Waals surface area contributed by atoms with Crippen LogP contribution in [0, 0.1) is 0 Å². The van der Waals surface area contributed by atoms with Gasteiger partial charge in [0.25, 0.3) is 11.8 Å². The lowest BCUT2D eigenvalue weighted by atomic mass is 9.98. The maximum Gasteiger partial charge on any atom is 0.335 e. The summed E-state index contributed by atoms with van der Waals surface area (Å²) in [4.78, 5) is 77.0. The topological polar surface area (TPSA) is 186 Å². The number of carboxylic acids is 2. The lowest BCUT2D eigenvalue weighted by Gasteiger charge is -2.20. The summed E-state index contributed by atoms with van der Waals surface area (Å²) < 4.78 is 0. The number of nitrogens with zero attached hydrogens (tertiary/aromatic N) is 9. The first-order valence-electron chi connectivity index (χ1n) is 26.4. The fraction of sp³-hybridized carbons (Fsp3) is 0.302. The summed E-state index contributed by atoms with van der Waals surface area (Å²) in [6.45, 7) is 5.21. The molecule has 0 bridgehead atoms. The first-order valence-corrected chi connectivity index (χ1v) is 26.4. The minimum Gasteiger partial charge on any atom is -0.478 e. The molecule has 3 N–H and O–H groups in total. The van der Waals surface area contributed by atoms with Gasteiger partial charge in [0.1, 0.15) is 0 Å². The van der Waals surface area contributed by atoms with E-state index >= 15 is 0 Å². The van der Waals surface area contributed by atoms with E-state index in [-0.39, 0.29) is 22.9 Å². The summed E-state index contributed by atoms with van der Waals surface area (Å²) in [5, 5.41) is 21.4. The van der Waals surface area contributed by atoms with E-state index in [1.807, 2.05) is 110 Å². The minimum absolute atomic E-state index is 0.0311. The molecular weight excluding hydrogens is 993 g/mol. The standard InChI is InChI=1S/C34H40N6O2.C24H16N2O4.C5H14N2/c1-37(2)15-17-39(5)33(41)25-11-13-29-27(19-25)21-31(35-29)23-7-9-24(10-8-23)32-22-28-20-26(12-14-30(28)36-32)34(42)40(6)18-16-38(3)4;27-23(28)15-5-7-19-17(9-15)11-21(25-19)13-1-2-14(4-3-13)22-12-18-10-16(24(29)30)6-8-20(18)26-22;1-6-4-5-7(2)3/h7-14,19-20H,15-18,21-22H2,1-6H3;1-10H,11-12H2,(H,27,28)(H,29,30);6H,4-5H2,1-3H3. The molecule has 4 aliphatic heterocycles. The monoisotopic (exact) mass is 1060 g/mol. The van der Waals surface area contributed by atoms with Crippen molar-refractivity contribution in [2.24, 2.45) is 20.0 Å². The van der Waals surface area contributed by atoms with Gasteiger partial charge in [0, 0.05) is 90.2 Å². The lowest BCUT2D eigenvalue weighted by molar-refractivity contribution is 0.0686. The predicted molar refractivity (Wildman–Crippen MR) is 316 cm³/mol. The third kappa shape index (κ3) is 14.3. The van der Waals surface area contributed by atoms with Crippen molar-refractivity contribution in [3.05, 3.63) is 188 Å². The molecule has 6 aromatic carbocycles. The molecule has 0 saturated heterocycles. The van der Waals surface area contributed by atoms with Crippen molar-refractivity contribution in [2.45, 2.75) is 25.7 Å². The second-order valence-corrected chi connectivity index (χ2v) is 21.0. The van der Waals surface area contributed by atoms with E-state index in [2.05, 4.69) is 68.4 Å². The quantitative estimate of drug-likeness (QED) is 0.0800. The summed E-state index contributed by atoms with van der Waals surface area (Å²) in [5.41, 5.74) is 17.3. The van der Waals surface area contributed by atoms with Crippen LogP contribution in [0.25, 0.3) is 0 Å². The summed E-state index contributed by atoms with van der Waals surface area (Å²) in [6.07, 6.45) is 2.59. The zero-order chi connectivity index (χ0) is 56.5. The normalized spacial score (nSPS) is 13.5. The molecule has 4 heterocycles. The summed E-state index contributed by atoms with van der Waals surface area (Å²) in [7, 11) is 17.8. The van der Waals surface area contributed by atoms with Crippen LogP contribution in [0.4, 0.5) is 22.7 Å². The van der Waals surface area contributed by atoms with E-state index in [0.29, 0.717) is 49.9 Å². The number of amides is 2. The van der Waals surface area contributed by atoms with Gasteiger partial charge in [0.2, 0.25) is 0 Å². The van der Waals surface area contributed by atoms with Crippen molar-refractivity contribution >= 4 is 69.3 Å². The number of hydrogen-bond donors (Lipinski definition) is 3. The van der Waals surface area contributed by atoms with Crippen molar-refractivity contribution in [1.82, 2.24) is 29.8 Å². The molecule has 0 aliphatic carbocycles. The van der Waals surface area contributed by atoms with E-state index in [9.17, 15) is 19.2 Å². The highest BCUT2D eigenvalue weighted by Crippen LogP contribution is 2.34. The van der Waals surface area contributed by atoms with Gasteiger partial charge in [-0.05, 0) is 167 Å². The maximum absolute atomic E-state index is 12.9. The Labute approximate surface area is 463 Å². The highest BCUT2D eigenvalue weighted by atomic mass is 16.4. The highest BCUT2D eigenvalue weighted by Gasteiger charge is 2.24. The number of aromatic carboxylic acids is 2. The van der Waals surface area contributed by atoms with Crippen molar-refractivity contribution in [3.63, 3.8) is 0 Å².